The van der Waals surface area contributed by atoms with Crippen LogP contribution in [0.5, 0.6) is 0 Å². The van der Waals surface area contributed by atoms with E-state index in [2.05, 4.69) is 32.1 Å². The molecule has 0 amide bonds. The van der Waals surface area contributed by atoms with Crippen molar-refractivity contribution in [1.29, 1.82) is 0 Å². The third-order valence-electron chi connectivity index (χ3n) is 7.35. The first-order valence-corrected chi connectivity index (χ1v) is 11.6. The molecule has 5 heteroatoms. The van der Waals surface area contributed by atoms with Crippen molar-refractivity contribution in [1.82, 2.24) is 0 Å². The average molecular weight is 419 g/mol. The number of rotatable bonds is 6. The number of hydrogen-bond donors (Lipinski definition) is 1. The van der Waals surface area contributed by atoms with Gasteiger partial charge in [0.2, 0.25) is 0 Å². The lowest BCUT2D eigenvalue weighted by atomic mass is 9.65. The Hall–Kier alpha value is -1.62. The number of carbonyl (C=O) groups is 2. The lowest BCUT2D eigenvalue weighted by Crippen LogP contribution is -2.43. The number of hydrogen-bond acceptors (Lipinski definition) is 5. The fourth-order valence-electron chi connectivity index (χ4n) is 5.08. The van der Waals surface area contributed by atoms with Crippen molar-refractivity contribution < 1.29 is 24.2 Å². The predicted octanol–water partition coefficient (Wildman–Crippen LogP) is 4.59. The van der Waals surface area contributed by atoms with Gasteiger partial charge in [0.15, 0.2) is 0 Å². The van der Waals surface area contributed by atoms with Crippen LogP contribution < -0.4 is 0 Å². The molecule has 1 saturated heterocycles. The van der Waals surface area contributed by atoms with Gasteiger partial charge in [0.1, 0.15) is 12.2 Å². The minimum absolute atomic E-state index is 0.0949. The Morgan fingerprint density at radius 2 is 2.00 bits per heavy atom. The van der Waals surface area contributed by atoms with Crippen molar-refractivity contribution in [2.75, 3.05) is 0 Å². The van der Waals surface area contributed by atoms with E-state index >= 15 is 0 Å². The van der Waals surface area contributed by atoms with E-state index in [9.17, 15) is 14.7 Å². The molecule has 168 valence electrons. The molecular weight excluding hydrogens is 380 g/mol. The number of aliphatic hydroxyl groups excluding tert-OH is 1. The van der Waals surface area contributed by atoms with Crippen LogP contribution in [0.3, 0.4) is 0 Å². The summed E-state index contributed by atoms with van der Waals surface area (Å²) >= 11 is 0. The van der Waals surface area contributed by atoms with Gasteiger partial charge in [-0.1, -0.05) is 39.0 Å². The maximum Gasteiger partial charge on any atom is 0.311 e. The molecule has 0 bridgehead atoms. The van der Waals surface area contributed by atoms with Crippen molar-refractivity contribution in [3.05, 3.63) is 23.8 Å². The molecular formula is C25H38O5. The molecule has 0 aromatic heterocycles. The van der Waals surface area contributed by atoms with Crippen LogP contribution in [0.25, 0.3) is 0 Å². The summed E-state index contributed by atoms with van der Waals surface area (Å²) in [6.45, 7) is 10.3. The molecule has 7 atom stereocenters. The monoisotopic (exact) mass is 418 g/mol. The molecule has 5 nitrogen and oxygen atoms in total. The van der Waals surface area contributed by atoms with E-state index in [4.69, 9.17) is 9.47 Å². The summed E-state index contributed by atoms with van der Waals surface area (Å²) in [6.07, 6.45) is 9.61. The maximum atomic E-state index is 12.9. The highest BCUT2D eigenvalue weighted by molar-refractivity contribution is 5.76. The molecule has 1 N–H and O–H groups in total. The fourth-order valence-corrected chi connectivity index (χ4v) is 5.08. The molecule has 6 unspecified atom stereocenters. The smallest absolute Gasteiger partial charge is 0.311 e. The van der Waals surface area contributed by atoms with Gasteiger partial charge in [-0.15, -0.1) is 0 Å². The first-order valence-electron chi connectivity index (χ1n) is 11.6. The number of esters is 2. The second-order valence-corrected chi connectivity index (χ2v) is 10.3. The lowest BCUT2D eigenvalue weighted by Gasteiger charge is -2.44. The van der Waals surface area contributed by atoms with Crippen LogP contribution in [-0.2, 0) is 19.1 Å². The highest BCUT2D eigenvalue weighted by atomic mass is 16.6. The molecule has 30 heavy (non-hydrogen) atoms. The van der Waals surface area contributed by atoms with E-state index < -0.39 is 11.5 Å². The summed E-state index contributed by atoms with van der Waals surface area (Å²) in [5.41, 5.74) is 0.785. The Bertz CT molecular complexity index is 706. The Labute approximate surface area is 180 Å². The van der Waals surface area contributed by atoms with Gasteiger partial charge in [0, 0.05) is 12.3 Å². The minimum atomic E-state index is -0.601. The lowest BCUT2D eigenvalue weighted by molar-refractivity contribution is -0.166. The largest absolute Gasteiger partial charge is 0.462 e. The van der Waals surface area contributed by atoms with E-state index in [0.29, 0.717) is 24.2 Å². The summed E-state index contributed by atoms with van der Waals surface area (Å²) in [5.74, 6) is 0.776. The van der Waals surface area contributed by atoms with Gasteiger partial charge in [-0.05, 0) is 62.9 Å². The third kappa shape index (κ3) is 5.16. The zero-order valence-electron chi connectivity index (χ0n) is 19.1. The number of carbonyl (C=O) groups excluding carboxylic acids is 2. The Morgan fingerprint density at radius 3 is 2.67 bits per heavy atom. The number of fused-ring (bicyclic) bond motifs is 1. The molecule has 1 aliphatic heterocycles. The van der Waals surface area contributed by atoms with E-state index in [-0.39, 0.29) is 36.5 Å². The molecule has 1 fully saturated rings. The Kier molecular flexibility index (Phi) is 7.11. The number of aliphatic hydroxyl groups is 1. The van der Waals surface area contributed by atoms with Crippen molar-refractivity contribution in [2.24, 2.45) is 29.1 Å². The number of ether oxygens (including phenoxy) is 2. The molecule has 0 saturated carbocycles. The van der Waals surface area contributed by atoms with Gasteiger partial charge in [-0.2, -0.15) is 0 Å². The predicted molar refractivity (Wildman–Crippen MR) is 115 cm³/mol. The van der Waals surface area contributed by atoms with Crippen molar-refractivity contribution in [3.8, 4) is 0 Å². The van der Waals surface area contributed by atoms with Crippen LogP contribution in [0, 0.1) is 29.1 Å². The van der Waals surface area contributed by atoms with Crippen LogP contribution >= 0.6 is 0 Å². The zero-order chi connectivity index (χ0) is 22.1. The first-order chi connectivity index (χ1) is 14.1. The van der Waals surface area contributed by atoms with Gasteiger partial charge >= 0.3 is 11.9 Å². The van der Waals surface area contributed by atoms with Crippen molar-refractivity contribution in [2.45, 2.75) is 91.5 Å². The molecule has 1 heterocycles. The first kappa shape index (κ1) is 23.1. The van der Waals surface area contributed by atoms with Crippen molar-refractivity contribution >= 4 is 11.9 Å². The van der Waals surface area contributed by atoms with E-state index in [1.54, 1.807) is 0 Å². The molecule has 0 aromatic carbocycles. The van der Waals surface area contributed by atoms with Gasteiger partial charge in [0.25, 0.3) is 0 Å². The second-order valence-electron chi connectivity index (χ2n) is 10.3. The molecule has 0 spiro atoms. The van der Waals surface area contributed by atoms with E-state index in [1.165, 1.54) is 5.57 Å². The summed E-state index contributed by atoms with van der Waals surface area (Å²) < 4.78 is 11.6. The van der Waals surface area contributed by atoms with E-state index in [0.717, 1.165) is 25.7 Å². The highest BCUT2D eigenvalue weighted by Gasteiger charge is 2.43. The fraction of sp³-hybridized carbons (Fsp3) is 0.760. The van der Waals surface area contributed by atoms with Gasteiger partial charge in [-0.3, -0.25) is 9.59 Å². The molecule has 3 rings (SSSR count). The molecule has 0 aromatic rings. The van der Waals surface area contributed by atoms with E-state index in [1.807, 2.05) is 20.8 Å². The molecule has 2 aliphatic carbocycles. The Morgan fingerprint density at radius 1 is 1.27 bits per heavy atom. The normalized spacial score (nSPS) is 36.5. The van der Waals surface area contributed by atoms with Gasteiger partial charge in [-0.25, -0.2) is 0 Å². The summed E-state index contributed by atoms with van der Waals surface area (Å²) in [4.78, 5) is 24.6. The standard InChI is InChI=1S/C25H38O5/c1-6-25(4,5)24(28)30-21-12-15(2)11-17-8-7-16(3)20(23(17)21)10-9-19-13-18(26)14-22(27)29-19/h7-8,11,15-16,18-21,23,26H,6,9-10,12-14H2,1-5H3/t15?,16?,18?,19?,20?,21-,23?/m1/s1. The Balaban J connectivity index is 1.76. The minimum Gasteiger partial charge on any atom is -0.462 e. The summed E-state index contributed by atoms with van der Waals surface area (Å²) in [5, 5.41) is 9.92. The summed E-state index contributed by atoms with van der Waals surface area (Å²) in [6, 6.07) is 0. The van der Waals surface area contributed by atoms with Crippen LogP contribution in [0.15, 0.2) is 23.8 Å². The maximum absolute atomic E-state index is 12.9. The highest BCUT2D eigenvalue weighted by Crippen LogP contribution is 2.45. The number of allylic oxidation sites excluding steroid dienone is 3. The third-order valence-corrected chi connectivity index (χ3v) is 7.35. The van der Waals surface area contributed by atoms with Gasteiger partial charge < -0.3 is 14.6 Å². The van der Waals surface area contributed by atoms with Gasteiger partial charge in [0.05, 0.1) is 17.9 Å². The van der Waals surface area contributed by atoms with Crippen LogP contribution in [0.4, 0.5) is 0 Å². The van der Waals surface area contributed by atoms with Crippen LogP contribution in [0.2, 0.25) is 0 Å². The molecule has 3 aliphatic rings. The topological polar surface area (TPSA) is 72.8 Å². The van der Waals surface area contributed by atoms with Crippen LogP contribution in [-0.4, -0.2) is 35.4 Å². The summed E-state index contributed by atoms with van der Waals surface area (Å²) in [7, 11) is 0. The number of cyclic esters (lactones) is 1. The van der Waals surface area contributed by atoms with Crippen LogP contribution in [0.1, 0.15) is 73.1 Å². The average Bonchev–Trinajstić information content (AvgIpc) is 2.66. The zero-order valence-corrected chi connectivity index (χ0v) is 19.1. The SMILES string of the molecule is CCC(C)(C)C(=O)O[C@@H]1CC(C)C=C2C=CC(C)C(CCC3CC(O)CC(=O)O3)C21. The second kappa shape index (κ2) is 9.25. The van der Waals surface area contributed by atoms with Crippen molar-refractivity contribution in [3.63, 3.8) is 0 Å². The molecule has 0 radical (unpaired) electrons. The quantitative estimate of drug-likeness (QED) is 0.639.